The van der Waals surface area contributed by atoms with Crippen molar-refractivity contribution in [3.8, 4) is 17.2 Å². The van der Waals surface area contributed by atoms with Crippen molar-refractivity contribution < 1.29 is 19.0 Å². The van der Waals surface area contributed by atoms with Crippen LogP contribution in [0.1, 0.15) is 29.2 Å². The summed E-state index contributed by atoms with van der Waals surface area (Å²) in [5, 5.41) is 4.01. The van der Waals surface area contributed by atoms with Crippen LogP contribution < -0.4 is 19.6 Å². The number of aryl methyl sites for hydroxylation is 2. The number of hydrogen-bond donors (Lipinski definition) is 1. The van der Waals surface area contributed by atoms with Crippen LogP contribution in [0.5, 0.6) is 17.2 Å². The highest BCUT2D eigenvalue weighted by Gasteiger charge is 2.07. The summed E-state index contributed by atoms with van der Waals surface area (Å²) in [6.07, 6.45) is 1.55. The van der Waals surface area contributed by atoms with Gasteiger partial charge >= 0.3 is 0 Å². The lowest BCUT2D eigenvalue weighted by molar-refractivity contribution is -0.123. The highest BCUT2D eigenvalue weighted by atomic mass is 16.5. The number of benzene rings is 3. The summed E-state index contributed by atoms with van der Waals surface area (Å²) in [6, 6.07) is 21.3. The standard InChI is InChI=1S/C26H28N2O4/c1-4-30-25-15-22(10-11-24(25)32-17-21-8-6-5-7-9-21)16-27-28-26(29)18-31-23-13-19(2)12-20(3)14-23/h5-16H,4,17-18H2,1-3H3,(H,28,29). The summed E-state index contributed by atoms with van der Waals surface area (Å²) in [5.41, 5.74) is 6.49. The third-order valence-corrected chi connectivity index (χ3v) is 4.47. The Hall–Kier alpha value is -3.80. The average Bonchev–Trinajstić information content (AvgIpc) is 2.77. The second kappa shape index (κ2) is 11.6. The van der Waals surface area contributed by atoms with Gasteiger partial charge < -0.3 is 14.2 Å². The maximum atomic E-state index is 12.0. The Morgan fingerprint density at radius 2 is 1.66 bits per heavy atom. The van der Waals surface area contributed by atoms with Crippen molar-refractivity contribution in [1.29, 1.82) is 0 Å². The van der Waals surface area contributed by atoms with Crippen molar-refractivity contribution in [3.63, 3.8) is 0 Å². The Morgan fingerprint density at radius 3 is 2.38 bits per heavy atom. The molecule has 3 aromatic rings. The van der Waals surface area contributed by atoms with Crippen LogP contribution in [-0.2, 0) is 11.4 Å². The molecule has 3 rings (SSSR count). The van der Waals surface area contributed by atoms with Crippen molar-refractivity contribution in [3.05, 3.63) is 89.0 Å². The van der Waals surface area contributed by atoms with Gasteiger partial charge in [-0.2, -0.15) is 5.10 Å². The molecule has 0 bridgehead atoms. The second-order valence-electron chi connectivity index (χ2n) is 7.32. The number of ether oxygens (including phenoxy) is 3. The van der Waals surface area contributed by atoms with Crippen LogP contribution in [0.3, 0.4) is 0 Å². The number of rotatable bonds is 10. The zero-order valence-electron chi connectivity index (χ0n) is 18.6. The lowest BCUT2D eigenvalue weighted by Crippen LogP contribution is -2.24. The van der Waals surface area contributed by atoms with Gasteiger partial charge in [0.2, 0.25) is 0 Å². The summed E-state index contributed by atoms with van der Waals surface area (Å²) >= 11 is 0. The second-order valence-corrected chi connectivity index (χ2v) is 7.32. The minimum absolute atomic E-state index is 0.114. The van der Waals surface area contributed by atoms with Crippen molar-refractivity contribution in [2.45, 2.75) is 27.4 Å². The van der Waals surface area contributed by atoms with Gasteiger partial charge in [-0.05, 0) is 73.4 Å². The zero-order chi connectivity index (χ0) is 22.8. The van der Waals surface area contributed by atoms with Crippen LogP contribution in [0.25, 0.3) is 0 Å². The molecule has 0 aliphatic heterocycles. The molecule has 0 saturated heterocycles. The zero-order valence-corrected chi connectivity index (χ0v) is 18.6. The van der Waals surface area contributed by atoms with E-state index in [0.29, 0.717) is 30.5 Å². The van der Waals surface area contributed by atoms with E-state index in [1.165, 1.54) is 0 Å². The molecule has 0 saturated carbocycles. The van der Waals surface area contributed by atoms with Gasteiger partial charge in [-0.3, -0.25) is 4.79 Å². The molecule has 0 fully saturated rings. The Labute approximate surface area is 188 Å². The Kier molecular flexibility index (Phi) is 8.26. The van der Waals surface area contributed by atoms with E-state index in [2.05, 4.69) is 10.5 Å². The maximum Gasteiger partial charge on any atom is 0.277 e. The molecule has 0 aliphatic carbocycles. The number of nitrogens with zero attached hydrogens (tertiary/aromatic N) is 1. The Bertz CT molecular complexity index is 1040. The predicted molar refractivity (Wildman–Crippen MR) is 126 cm³/mol. The van der Waals surface area contributed by atoms with Crippen molar-refractivity contribution in [2.75, 3.05) is 13.2 Å². The van der Waals surface area contributed by atoms with Crippen molar-refractivity contribution >= 4 is 12.1 Å². The first-order valence-corrected chi connectivity index (χ1v) is 10.5. The normalized spacial score (nSPS) is 10.7. The minimum Gasteiger partial charge on any atom is -0.490 e. The van der Waals surface area contributed by atoms with Crippen LogP contribution in [0, 0.1) is 13.8 Å². The highest BCUT2D eigenvalue weighted by Crippen LogP contribution is 2.29. The van der Waals surface area contributed by atoms with Crippen LogP contribution in [0.15, 0.2) is 71.8 Å². The van der Waals surface area contributed by atoms with Crippen LogP contribution in [0.2, 0.25) is 0 Å². The Balaban J connectivity index is 1.54. The molecule has 166 valence electrons. The summed E-state index contributed by atoms with van der Waals surface area (Å²) < 4.78 is 17.2. The Morgan fingerprint density at radius 1 is 0.906 bits per heavy atom. The molecule has 0 aliphatic rings. The molecule has 1 N–H and O–H groups in total. The third-order valence-electron chi connectivity index (χ3n) is 4.47. The number of amides is 1. The SMILES string of the molecule is CCOc1cc(C=NNC(=O)COc2cc(C)cc(C)c2)ccc1OCc1ccccc1. The fourth-order valence-corrected chi connectivity index (χ4v) is 3.10. The topological polar surface area (TPSA) is 69.2 Å². The first-order valence-electron chi connectivity index (χ1n) is 10.5. The summed E-state index contributed by atoms with van der Waals surface area (Å²) in [7, 11) is 0. The number of nitrogens with one attached hydrogen (secondary N) is 1. The summed E-state index contributed by atoms with van der Waals surface area (Å²) in [5.74, 6) is 1.60. The van der Waals surface area contributed by atoms with Gasteiger partial charge in [-0.25, -0.2) is 5.43 Å². The lowest BCUT2D eigenvalue weighted by Gasteiger charge is -2.12. The van der Waals surface area contributed by atoms with Crippen LogP contribution in [-0.4, -0.2) is 25.3 Å². The van der Waals surface area contributed by atoms with E-state index in [4.69, 9.17) is 14.2 Å². The summed E-state index contributed by atoms with van der Waals surface area (Å²) in [4.78, 5) is 12.0. The predicted octanol–water partition coefficient (Wildman–Crippen LogP) is 4.81. The fraction of sp³-hybridized carbons (Fsp3) is 0.231. The smallest absolute Gasteiger partial charge is 0.277 e. The first-order chi connectivity index (χ1) is 15.5. The molecular weight excluding hydrogens is 404 g/mol. The van der Waals surface area contributed by atoms with Crippen LogP contribution in [0.4, 0.5) is 0 Å². The van der Waals surface area contributed by atoms with Gasteiger partial charge in [0, 0.05) is 0 Å². The molecule has 3 aromatic carbocycles. The quantitative estimate of drug-likeness (QED) is 0.369. The van der Waals surface area contributed by atoms with Crippen molar-refractivity contribution in [2.24, 2.45) is 5.10 Å². The monoisotopic (exact) mass is 432 g/mol. The lowest BCUT2D eigenvalue weighted by atomic mass is 10.1. The largest absolute Gasteiger partial charge is 0.490 e. The van der Waals surface area contributed by atoms with E-state index in [1.807, 2.05) is 87.5 Å². The molecule has 32 heavy (non-hydrogen) atoms. The number of hydrogen-bond acceptors (Lipinski definition) is 5. The maximum absolute atomic E-state index is 12.0. The van der Waals surface area contributed by atoms with Gasteiger partial charge in [0.15, 0.2) is 18.1 Å². The molecule has 6 heteroatoms. The highest BCUT2D eigenvalue weighted by molar-refractivity contribution is 5.83. The first kappa shape index (κ1) is 22.9. The summed E-state index contributed by atoms with van der Waals surface area (Å²) in [6.45, 7) is 6.73. The molecule has 1 amide bonds. The van der Waals surface area contributed by atoms with Gasteiger partial charge in [-0.15, -0.1) is 0 Å². The van der Waals surface area contributed by atoms with E-state index in [-0.39, 0.29) is 12.5 Å². The van der Waals surface area contributed by atoms with Gasteiger partial charge in [0.05, 0.1) is 12.8 Å². The van der Waals surface area contributed by atoms with E-state index < -0.39 is 0 Å². The van der Waals surface area contributed by atoms with E-state index in [9.17, 15) is 4.79 Å². The van der Waals surface area contributed by atoms with Crippen molar-refractivity contribution in [1.82, 2.24) is 5.43 Å². The van der Waals surface area contributed by atoms with Gasteiger partial charge in [0.1, 0.15) is 12.4 Å². The number of carbonyl (C=O) groups is 1. The average molecular weight is 433 g/mol. The number of hydrazone groups is 1. The minimum atomic E-state index is -0.340. The van der Waals surface area contributed by atoms with E-state index >= 15 is 0 Å². The van der Waals surface area contributed by atoms with E-state index in [1.54, 1.807) is 6.21 Å². The molecule has 0 atom stereocenters. The van der Waals surface area contributed by atoms with Crippen LogP contribution >= 0.6 is 0 Å². The molecule has 6 nitrogen and oxygen atoms in total. The molecular formula is C26H28N2O4. The third kappa shape index (κ3) is 7.16. The number of carbonyl (C=O) groups excluding carboxylic acids is 1. The molecule has 0 spiro atoms. The van der Waals surface area contributed by atoms with E-state index in [0.717, 1.165) is 22.3 Å². The molecule has 0 heterocycles. The van der Waals surface area contributed by atoms with Gasteiger partial charge in [0.25, 0.3) is 5.91 Å². The van der Waals surface area contributed by atoms with Gasteiger partial charge in [-0.1, -0.05) is 36.4 Å². The molecule has 0 aromatic heterocycles. The fourth-order valence-electron chi connectivity index (χ4n) is 3.10. The molecule has 0 radical (unpaired) electrons. The molecule has 0 unspecified atom stereocenters.